The van der Waals surface area contributed by atoms with Crippen LogP contribution in [0, 0.1) is 17.9 Å². The maximum atomic E-state index is 12.6. The Labute approximate surface area is 141 Å². The molecule has 1 unspecified atom stereocenters. The van der Waals surface area contributed by atoms with Crippen LogP contribution in [0.5, 0.6) is 0 Å². The Bertz CT molecular complexity index is 699. The minimum Gasteiger partial charge on any atom is -0.389 e. The van der Waals surface area contributed by atoms with E-state index in [1.54, 1.807) is 13.8 Å². The van der Waals surface area contributed by atoms with Crippen molar-refractivity contribution >= 4 is 11.7 Å². The lowest BCUT2D eigenvalue weighted by molar-refractivity contribution is -0.143. The van der Waals surface area contributed by atoms with Gasteiger partial charge >= 0.3 is 12.0 Å². The number of carbonyl (C=O) groups is 1. The van der Waals surface area contributed by atoms with Crippen molar-refractivity contribution in [1.82, 2.24) is 14.9 Å². The molecule has 1 amide bonds. The molecule has 0 aliphatic carbocycles. The van der Waals surface area contributed by atoms with E-state index in [2.05, 4.69) is 20.9 Å². The molecular formula is C15H18F3N4O3+. The van der Waals surface area contributed by atoms with Crippen LogP contribution >= 0.6 is 0 Å². The van der Waals surface area contributed by atoms with E-state index in [4.69, 9.17) is 0 Å². The Hall–Kier alpha value is -2.25. The zero-order chi connectivity index (χ0) is 18.8. The summed E-state index contributed by atoms with van der Waals surface area (Å²) in [6.45, 7) is 3.42. The zero-order valence-electron chi connectivity index (χ0n) is 13.6. The topological polar surface area (TPSA) is 90.9 Å². The number of nitrogens with zero attached hydrogens (tertiary/aromatic N) is 4. The van der Waals surface area contributed by atoms with Crippen LogP contribution in [-0.2, 0) is 11.0 Å². The normalized spacial score (nSPS) is 24.0. The second kappa shape index (κ2) is 7.33. The van der Waals surface area contributed by atoms with E-state index in [1.807, 2.05) is 0 Å². The number of piperidine rings is 1. The summed E-state index contributed by atoms with van der Waals surface area (Å²) >= 11 is 0. The number of alkyl halides is 3. The van der Waals surface area contributed by atoms with Crippen LogP contribution in [0.2, 0.25) is 0 Å². The molecule has 1 saturated heterocycles. The fourth-order valence-electron chi connectivity index (χ4n) is 2.38. The number of rotatable bonds is 1. The first-order chi connectivity index (χ1) is 11.6. The Morgan fingerprint density at radius 2 is 2.04 bits per heavy atom. The Morgan fingerprint density at radius 3 is 2.64 bits per heavy atom. The first-order valence-corrected chi connectivity index (χ1v) is 7.60. The van der Waals surface area contributed by atoms with Crippen molar-refractivity contribution in [2.75, 3.05) is 13.1 Å². The first-order valence-electron chi connectivity index (χ1n) is 7.60. The third-order valence-corrected chi connectivity index (χ3v) is 3.69. The number of β-amino-alcohol motifs (C(OH)–C–C–N with tert-alkyl or cyclic N) is 1. The largest absolute Gasteiger partial charge is 0.459 e. The van der Waals surface area contributed by atoms with Crippen LogP contribution in [0.3, 0.4) is 0 Å². The van der Waals surface area contributed by atoms with Gasteiger partial charge < -0.3 is 15.1 Å². The number of carbonyl (C=O) groups excluding carboxylic acids is 1. The smallest absolute Gasteiger partial charge is 0.389 e. The molecule has 3 atom stereocenters. The number of aromatic nitrogens is 2. The molecule has 1 fully saturated rings. The standard InChI is InChI=1S/C15H18F3N4O3/c1-8(2)14(25)22-6-9(13(24)10(23)7-22)3-20-12-5-19-4-11(21-12)15(16,17)18/h4-5,8-10,13,23-24H,6-7H2,1-2H3/q+1/t9?,10-,13+/m0/s1. The Balaban J connectivity index is 2.21. The fourth-order valence-corrected chi connectivity index (χ4v) is 2.38. The lowest BCUT2D eigenvalue weighted by Crippen LogP contribution is -2.54. The van der Waals surface area contributed by atoms with E-state index >= 15 is 0 Å². The molecule has 10 heteroatoms. The highest BCUT2D eigenvalue weighted by Gasteiger charge is 2.39. The summed E-state index contributed by atoms with van der Waals surface area (Å²) < 4.78 is 37.8. The van der Waals surface area contributed by atoms with Crippen molar-refractivity contribution in [2.45, 2.75) is 32.2 Å². The third-order valence-electron chi connectivity index (χ3n) is 3.69. The maximum Gasteiger partial charge on any atom is 0.459 e. The fraction of sp³-hybridized carbons (Fsp3) is 0.600. The van der Waals surface area contributed by atoms with Gasteiger partial charge in [0.05, 0.1) is 12.3 Å². The number of hydrogen-bond acceptors (Lipinski definition) is 5. The molecule has 1 aromatic rings. The van der Waals surface area contributed by atoms with Gasteiger partial charge in [-0.1, -0.05) is 13.8 Å². The maximum absolute atomic E-state index is 12.6. The Morgan fingerprint density at radius 1 is 1.36 bits per heavy atom. The lowest BCUT2D eigenvalue weighted by atomic mass is 9.93. The molecule has 136 valence electrons. The van der Waals surface area contributed by atoms with Gasteiger partial charge in [-0.25, -0.2) is 4.98 Å². The highest BCUT2D eigenvalue weighted by molar-refractivity contribution is 5.78. The molecule has 2 heterocycles. The number of hydrogen-bond donors (Lipinski definition) is 2. The molecule has 0 bridgehead atoms. The number of halogens is 3. The summed E-state index contributed by atoms with van der Waals surface area (Å²) in [5, 5.41) is 19.9. The molecule has 2 rings (SSSR count). The molecule has 0 spiro atoms. The number of likely N-dealkylation sites (tertiary alicyclic amines) is 1. The highest BCUT2D eigenvalue weighted by atomic mass is 19.4. The quantitative estimate of drug-likeness (QED) is 0.789. The van der Waals surface area contributed by atoms with E-state index < -0.39 is 30.0 Å². The molecular weight excluding hydrogens is 341 g/mol. The number of aliphatic hydroxyl groups excluding tert-OH is 2. The summed E-state index contributed by atoms with van der Waals surface area (Å²) in [4.78, 5) is 23.9. The van der Waals surface area contributed by atoms with Crippen LogP contribution in [0.4, 0.5) is 19.0 Å². The predicted octanol–water partition coefficient (Wildman–Crippen LogP) is 1.30. The predicted molar refractivity (Wildman–Crippen MR) is 80.9 cm³/mol. The van der Waals surface area contributed by atoms with Crippen molar-refractivity contribution in [1.29, 1.82) is 0 Å². The second-order valence-corrected chi connectivity index (χ2v) is 6.06. The molecule has 25 heavy (non-hydrogen) atoms. The molecule has 2 N–H and O–H groups in total. The molecule has 1 aromatic heterocycles. The molecule has 0 aromatic carbocycles. The summed E-state index contributed by atoms with van der Waals surface area (Å²) in [5.74, 6) is -1.70. The second-order valence-electron chi connectivity index (χ2n) is 6.06. The zero-order valence-corrected chi connectivity index (χ0v) is 13.6. The van der Waals surface area contributed by atoms with Gasteiger partial charge in [0.15, 0.2) is 6.07 Å². The SMILES string of the molecule is CC(C)C(=O)N1CC(C#[N+]c2cncc(C(F)(F)F)n2)[C@@H](O)[C@@H](O)C1. The molecule has 1 aliphatic rings. The van der Waals surface area contributed by atoms with Crippen LogP contribution in [0.25, 0.3) is 4.85 Å². The van der Waals surface area contributed by atoms with Crippen molar-refractivity contribution in [3.8, 4) is 6.07 Å². The molecule has 7 nitrogen and oxygen atoms in total. The lowest BCUT2D eigenvalue weighted by Gasteiger charge is -2.36. The van der Waals surface area contributed by atoms with Gasteiger partial charge in [-0.2, -0.15) is 18.0 Å². The molecule has 0 saturated carbocycles. The van der Waals surface area contributed by atoms with Gasteiger partial charge in [0.1, 0.15) is 18.2 Å². The number of amides is 1. The first kappa shape index (κ1) is 19.1. The van der Waals surface area contributed by atoms with Crippen molar-refractivity contribution in [3.63, 3.8) is 0 Å². The van der Waals surface area contributed by atoms with Crippen LogP contribution in [0.15, 0.2) is 12.4 Å². The summed E-state index contributed by atoms with van der Waals surface area (Å²) in [5.41, 5.74) is -1.20. The van der Waals surface area contributed by atoms with Gasteiger partial charge in [-0.3, -0.25) is 4.79 Å². The van der Waals surface area contributed by atoms with Crippen molar-refractivity contribution in [3.05, 3.63) is 22.9 Å². The minimum absolute atomic E-state index is 0.0281. The highest BCUT2D eigenvalue weighted by Crippen LogP contribution is 2.28. The molecule has 0 radical (unpaired) electrons. The van der Waals surface area contributed by atoms with Gasteiger partial charge in [-0.15, -0.1) is 0 Å². The van der Waals surface area contributed by atoms with E-state index in [1.165, 1.54) is 4.90 Å². The van der Waals surface area contributed by atoms with E-state index in [0.29, 0.717) is 6.20 Å². The van der Waals surface area contributed by atoms with Gasteiger partial charge in [0.25, 0.3) is 5.69 Å². The summed E-state index contributed by atoms with van der Waals surface area (Å²) in [6.07, 6.45) is -5.50. The summed E-state index contributed by atoms with van der Waals surface area (Å²) in [7, 11) is 0. The minimum atomic E-state index is -4.65. The summed E-state index contributed by atoms with van der Waals surface area (Å²) in [6, 6.07) is 2.47. The Kier molecular flexibility index (Phi) is 5.59. The average Bonchev–Trinajstić information content (AvgIpc) is 2.54. The van der Waals surface area contributed by atoms with Gasteiger partial charge in [0, 0.05) is 19.0 Å². The van der Waals surface area contributed by atoms with Gasteiger partial charge in [-0.05, 0) is 4.98 Å². The van der Waals surface area contributed by atoms with Gasteiger partial charge in [0.2, 0.25) is 5.91 Å². The van der Waals surface area contributed by atoms with Crippen LogP contribution in [0.1, 0.15) is 19.5 Å². The van der Waals surface area contributed by atoms with Crippen LogP contribution < -0.4 is 0 Å². The van der Waals surface area contributed by atoms with E-state index in [9.17, 15) is 28.2 Å². The van der Waals surface area contributed by atoms with E-state index in [0.717, 1.165) is 6.20 Å². The van der Waals surface area contributed by atoms with Crippen LogP contribution in [-0.4, -0.2) is 56.3 Å². The van der Waals surface area contributed by atoms with Crippen molar-refractivity contribution in [2.24, 2.45) is 11.8 Å². The number of aliphatic hydroxyl groups is 2. The average molecular weight is 359 g/mol. The van der Waals surface area contributed by atoms with E-state index in [-0.39, 0.29) is 30.7 Å². The van der Waals surface area contributed by atoms with Crippen molar-refractivity contribution < 1.29 is 28.2 Å². The third kappa shape index (κ3) is 4.64. The molecule has 1 aliphatic heterocycles. The monoisotopic (exact) mass is 359 g/mol.